The zero-order valence-corrected chi connectivity index (χ0v) is 8.92. The van der Waals surface area contributed by atoms with Crippen molar-refractivity contribution in [1.29, 1.82) is 0 Å². The highest BCUT2D eigenvalue weighted by atomic mass is 16.5. The summed E-state index contributed by atoms with van der Waals surface area (Å²) in [5.41, 5.74) is 6.54. The summed E-state index contributed by atoms with van der Waals surface area (Å²) in [5.74, 6) is 1.22. The first kappa shape index (κ1) is 10.6. The van der Waals surface area contributed by atoms with Crippen LogP contribution in [0.1, 0.15) is 30.2 Å². The molecule has 2 aromatic rings. The van der Waals surface area contributed by atoms with Crippen molar-refractivity contribution in [3.8, 4) is 5.75 Å². The molecule has 0 radical (unpaired) electrons. The Bertz CT molecular complexity index is 480. The SMILES string of the molecule is CC(N)c1nc(Cc2cccc(O)c2)no1. The number of hydrogen-bond donors (Lipinski definition) is 2. The molecule has 0 saturated carbocycles. The van der Waals surface area contributed by atoms with Crippen LogP contribution in [0.2, 0.25) is 0 Å². The summed E-state index contributed by atoms with van der Waals surface area (Å²) in [5, 5.41) is 13.1. The molecule has 5 nitrogen and oxygen atoms in total. The molecule has 2 rings (SSSR count). The van der Waals surface area contributed by atoms with Crippen molar-refractivity contribution < 1.29 is 9.63 Å². The minimum absolute atomic E-state index is 0.230. The van der Waals surface area contributed by atoms with Gasteiger partial charge in [-0.25, -0.2) is 0 Å². The van der Waals surface area contributed by atoms with E-state index in [0.717, 1.165) is 5.56 Å². The lowest BCUT2D eigenvalue weighted by atomic mass is 10.1. The van der Waals surface area contributed by atoms with Gasteiger partial charge in [0.1, 0.15) is 5.75 Å². The van der Waals surface area contributed by atoms with Crippen LogP contribution in [-0.2, 0) is 6.42 Å². The summed E-state index contributed by atoms with van der Waals surface area (Å²) in [4.78, 5) is 4.15. The van der Waals surface area contributed by atoms with Crippen molar-refractivity contribution in [2.24, 2.45) is 5.73 Å². The molecular weight excluding hydrogens is 206 g/mol. The third kappa shape index (κ3) is 2.38. The van der Waals surface area contributed by atoms with Gasteiger partial charge in [-0.15, -0.1) is 0 Å². The number of rotatable bonds is 3. The Kier molecular flexibility index (Phi) is 2.87. The fourth-order valence-electron chi connectivity index (χ4n) is 1.37. The first-order valence-corrected chi connectivity index (χ1v) is 5.01. The summed E-state index contributed by atoms with van der Waals surface area (Å²) in [6.45, 7) is 1.78. The molecule has 0 saturated heterocycles. The zero-order valence-electron chi connectivity index (χ0n) is 8.92. The van der Waals surface area contributed by atoms with E-state index in [1.54, 1.807) is 25.1 Å². The van der Waals surface area contributed by atoms with E-state index in [4.69, 9.17) is 10.3 Å². The van der Waals surface area contributed by atoms with Crippen LogP contribution in [0, 0.1) is 0 Å². The smallest absolute Gasteiger partial charge is 0.243 e. The third-order valence-corrected chi connectivity index (χ3v) is 2.15. The zero-order chi connectivity index (χ0) is 11.5. The fraction of sp³-hybridized carbons (Fsp3) is 0.273. The number of nitrogens with zero attached hydrogens (tertiary/aromatic N) is 2. The van der Waals surface area contributed by atoms with Crippen LogP contribution in [0.4, 0.5) is 0 Å². The van der Waals surface area contributed by atoms with Crippen LogP contribution in [-0.4, -0.2) is 15.2 Å². The van der Waals surface area contributed by atoms with Crippen LogP contribution in [0.5, 0.6) is 5.75 Å². The minimum atomic E-state index is -0.259. The summed E-state index contributed by atoms with van der Waals surface area (Å²) < 4.78 is 4.98. The van der Waals surface area contributed by atoms with Crippen molar-refractivity contribution >= 4 is 0 Å². The van der Waals surface area contributed by atoms with E-state index < -0.39 is 0 Å². The second kappa shape index (κ2) is 4.32. The number of hydrogen-bond acceptors (Lipinski definition) is 5. The second-order valence-electron chi connectivity index (χ2n) is 3.68. The van der Waals surface area contributed by atoms with Crippen LogP contribution >= 0.6 is 0 Å². The van der Waals surface area contributed by atoms with Crippen molar-refractivity contribution in [2.75, 3.05) is 0 Å². The van der Waals surface area contributed by atoms with Gasteiger partial charge >= 0.3 is 0 Å². The van der Waals surface area contributed by atoms with Crippen molar-refractivity contribution in [2.45, 2.75) is 19.4 Å². The van der Waals surface area contributed by atoms with Crippen LogP contribution in [0.25, 0.3) is 0 Å². The van der Waals surface area contributed by atoms with E-state index in [9.17, 15) is 5.11 Å². The van der Waals surface area contributed by atoms with Gasteiger partial charge < -0.3 is 15.4 Å². The Morgan fingerprint density at radius 3 is 2.94 bits per heavy atom. The molecule has 0 fully saturated rings. The Morgan fingerprint density at radius 1 is 1.50 bits per heavy atom. The molecule has 1 atom stereocenters. The molecule has 3 N–H and O–H groups in total. The molecule has 0 bridgehead atoms. The average molecular weight is 219 g/mol. The molecule has 16 heavy (non-hydrogen) atoms. The molecule has 0 aliphatic rings. The van der Waals surface area contributed by atoms with Crippen molar-refractivity contribution in [3.63, 3.8) is 0 Å². The van der Waals surface area contributed by atoms with Gasteiger partial charge in [0.05, 0.1) is 6.04 Å². The number of phenols is 1. The molecule has 0 amide bonds. The van der Waals surface area contributed by atoms with E-state index in [1.807, 2.05) is 6.07 Å². The van der Waals surface area contributed by atoms with Gasteiger partial charge in [-0.1, -0.05) is 17.3 Å². The predicted octanol–water partition coefficient (Wildman–Crippen LogP) is 1.39. The Labute approximate surface area is 92.9 Å². The number of aromatic hydroxyl groups is 1. The number of phenolic OH excluding ortho intramolecular Hbond substituents is 1. The fourth-order valence-corrected chi connectivity index (χ4v) is 1.37. The molecule has 84 valence electrons. The third-order valence-electron chi connectivity index (χ3n) is 2.15. The van der Waals surface area contributed by atoms with Gasteiger partial charge in [0.25, 0.3) is 0 Å². The maximum Gasteiger partial charge on any atom is 0.243 e. The van der Waals surface area contributed by atoms with Crippen molar-refractivity contribution in [1.82, 2.24) is 10.1 Å². The number of aromatic nitrogens is 2. The monoisotopic (exact) mass is 219 g/mol. The molecule has 1 unspecified atom stereocenters. The maximum absolute atomic E-state index is 9.30. The highest BCUT2D eigenvalue weighted by Crippen LogP contribution is 2.14. The lowest BCUT2D eigenvalue weighted by molar-refractivity contribution is 0.357. The normalized spacial score (nSPS) is 12.6. The Balaban J connectivity index is 2.14. The maximum atomic E-state index is 9.30. The van der Waals surface area contributed by atoms with Gasteiger partial charge in [0, 0.05) is 6.42 Å². The average Bonchev–Trinajstić information content (AvgIpc) is 2.66. The van der Waals surface area contributed by atoms with Gasteiger partial charge in [0.15, 0.2) is 5.82 Å². The first-order valence-electron chi connectivity index (χ1n) is 5.01. The summed E-state index contributed by atoms with van der Waals surface area (Å²) in [6, 6.07) is 6.69. The standard InChI is InChI=1S/C11H13N3O2/c1-7(12)11-13-10(14-16-11)6-8-3-2-4-9(15)5-8/h2-5,7,15H,6,12H2,1H3. The number of benzene rings is 1. The van der Waals surface area contributed by atoms with Crippen molar-refractivity contribution in [3.05, 3.63) is 41.5 Å². The molecule has 0 spiro atoms. The lowest BCUT2D eigenvalue weighted by Crippen LogP contribution is -2.05. The van der Waals surface area contributed by atoms with Gasteiger partial charge in [-0.05, 0) is 24.6 Å². The molecule has 5 heteroatoms. The van der Waals surface area contributed by atoms with E-state index in [0.29, 0.717) is 18.1 Å². The summed E-state index contributed by atoms with van der Waals surface area (Å²) >= 11 is 0. The molecule has 1 aromatic carbocycles. The van der Waals surface area contributed by atoms with E-state index >= 15 is 0 Å². The highest BCUT2D eigenvalue weighted by Gasteiger charge is 2.10. The molecule has 1 heterocycles. The van der Waals surface area contributed by atoms with Crippen LogP contribution < -0.4 is 5.73 Å². The summed E-state index contributed by atoms with van der Waals surface area (Å²) in [7, 11) is 0. The second-order valence-corrected chi connectivity index (χ2v) is 3.68. The topological polar surface area (TPSA) is 85.2 Å². The predicted molar refractivity (Wildman–Crippen MR) is 57.8 cm³/mol. The van der Waals surface area contributed by atoms with E-state index in [-0.39, 0.29) is 11.8 Å². The largest absolute Gasteiger partial charge is 0.508 e. The van der Waals surface area contributed by atoms with Gasteiger partial charge in [-0.3, -0.25) is 0 Å². The minimum Gasteiger partial charge on any atom is -0.508 e. The Hall–Kier alpha value is -1.88. The van der Waals surface area contributed by atoms with Crippen LogP contribution in [0.15, 0.2) is 28.8 Å². The van der Waals surface area contributed by atoms with Gasteiger partial charge in [0.2, 0.25) is 5.89 Å². The van der Waals surface area contributed by atoms with Gasteiger partial charge in [-0.2, -0.15) is 4.98 Å². The molecule has 0 aliphatic heterocycles. The molecule has 1 aromatic heterocycles. The number of nitrogens with two attached hydrogens (primary N) is 1. The quantitative estimate of drug-likeness (QED) is 0.814. The lowest BCUT2D eigenvalue weighted by Gasteiger charge is -1.97. The first-order chi connectivity index (χ1) is 7.65. The van der Waals surface area contributed by atoms with Crippen LogP contribution in [0.3, 0.4) is 0 Å². The van der Waals surface area contributed by atoms with E-state index in [1.165, 1.54) is 0 Å². The molecule has 0 aliphatic carbocycles. The highest BCUT2D eigenvalue weighted by molar-refractivity contribution is 5.28. The summed E-state index contributed by atoms with van der Waals surface area (Å²) in [6.07, 6.45) is 0.518. The molecular formula is C11H13N3O2. The van der Waals surface area contributed by atoms with E-state index in [2.05, 4.69) is 10.1 Å². The Morgan fingerprint density at radius 2 is 2.31 bits per heavy atom.